The van der Waals surface area contributed by atoms with E-state index in [0.717, 1.165) is 5.69 Å². The fourth-order valence-corrected chi connectivity index (χ4v) is 2.11. The van der Waals surface area contributed by atoms with E-state index in [0.29, 0.717) is 23.3 Å². The van der Waals surface area contributed by atoms with Crippen molar-refractivity contribution in [1.82, 2.24) is 9.55 Å². The van der Waals surface area contributed by atoms with Gasteiger partial charge in [0.05, 0.1) is 31.0 Å². The van der Waals surface area contributed by atoms with Crippen LogP contribution in [0.5, 0.6) is 5.75 Å². The largest absolute Gasteiger partial charge is 0.497 e. The molecule has 0 fully saturated rings. The maximum absolute atomic E-state index is 12.4. The van der Waals surface area contributed by atoms with Crippen LogP contribution in [0.4, 0.5) is 5.69 Å². The van der Waals surface area contributed by atoms with Crippen LogP contribution >= 0.6 is 0 Å². The van der Waals surface area contributed by atoms with Crippen molar-refractivity contribution in [2.75, 3.05) is 12.4 Å². The van der Waals surface area contributed by atoms with Gasteiger partial charge >= 0.3 is 0 Å². The average molecular weight is 281 g/mol. The maximum Gasteiger partial charge on any atom is 0.262 e. The molecule has 0 radical (unpaired) electrons. The summed E-state index contributed by atoms with van der Waals surface area (Å²) < 4.78 is 6.68. The lowest BCUT2D eigenvalue weighted by Crippen LogP contribution is -2.24. The number of fused-ring (bicyclic) bond motifs is 1. The van der Waals surface area contributed by atoms with Crippen LogP contribution in [0.25, 0.3) is 10.9 Å². The zero-order valence-corrected chi connectivity index (χ0v) is 11.6. The molecule has 1 N–H and O–H groups in total. The minimum Gasteiger partial charge on any atom is -0.497 e. The van der Waals surface area contributed by atoms with Crippen LogP contribution in [0.15, 0.2) is 59.7 Å². The van der Waals surface area contributed by atoms with Crippen molar-refractivity contribution >= 4 is 16.6 Å². The molecule has 0 amide bonds. The van der Waals surface area contributed by atoms with Crippen LogP contribution in [0, 0.1) is 0 Å². The van der Waals surface area contributed by atoms with E-state index < -0.39 is 0 Å². The molecule has 0 saturated heterocycles. The van der Waals surface area contributed by atoms with Crippen LogP contribution in [0.2, 0.25) is 0 Å². The highest BCUT2D eigenvalue weighted by molar-refractivity contribution is 5.78. The van der Waals surface area contributed by atoms with E-state index in [1.54, 1.807) is 36.2 Å². The molecular weight excluding hydrogens is 266 g/mol. The molecule has 0 unspecified atom stereocenters. The third kappa shape index (κ3) is 2.72. The Morgan fingerprint density at radius 2 is 2.00 bits per heavy atom. The van der Waals surface area contributed by atoms with Gasteiger partial charge in [0, 0.05) is 11.8 Å². The molecule has 3 rings (SSSR count). The van der Waals surface area contributed by atoms with Crippen molar-refractivity contribution < 1.29 is 4.74 Å². The van der Waals surface area contributed by atoms with Gasteiger partial charge in [0.15, 0.2) is 0 Å². The maximum atomic E-state index is 12.4. The van der Waals surface area contributed by atoms with Gasteiger partial charge in [0.2, 0.25) is 0 Å². The third-order valence-electron chi connectivity index (χ3n) is 3.26. The highest BCUT2D eigenvalue weighted by Gasteiger charge is 2.05. The second-order valence-corrected chi connectivity index (χ2v) is 4.60. The molecule has 0 aliphatic carbocycles. The second kappa shape index (κ2) is 5.66. The number of nitrogens with one attached hydrogen (secondary N) is 1. The van der Waals surface area contributed by atoms with Crippen molar-refractivity contribution in [3.63, 3.8) is 0 Å². The van der Waals surface area contributed by atoms with Crippen molar-refractivity contribution in [3.05, 3.63) is 65.2 Å². The van der Waals surface area contributed by atoms with Crippen molar-refractivity contribution in [3.8, 4) is 5.75 Å². The van der Waals surface area contributed by atoms with Gasteiger partial charge in [-0.15, -0.1) is 0 Å². The number of methoxy groups -OCH3 is 1. The average Bonchev–Trinajstić information content (AvgIpc) is 2.55. The van der Waals surface area contributed by atoms with Gasteiger partial charge in [0.1, 0.15) is 5.75 Å². The Hall–Kier alpha value is -2.82. The lowest BCUT2D eigenvalue weighted by atomic mass is 10.2. The standard InChI is InChI=1S/C16H15N3O2/c1-21-13-7-8-14-15(9-13)18-11-19(16(14)20)10-17-12-5-3-2-4-6-12/h2-9,11,17H,10H2,1H3. The highest BCUT2D eigenvalue weighted by atomic mass is 16.5. The minimum absolute atomic E-state index is 0.0777. The Labute approximate surface area is 121 Å². The molecule has 0 aliphatic heterocycles. The van der Waals surface area contributed by atoms with E-state index in [2.05, 4.69) is 10.3 Å². The smallest absolute Gasteiger partial charge is 0.262 e. The number of nitrogens with zero attached hydrogens (tertiary/aromatic N) is 2. The summed E-state index contributed by atoms with van der Waals surface area (Å²) in [7, 11) is 1.59. The minimum atomic E-state index is -0.0777. The molecule has 106 valence electrons. The monoisotopic (exact) mass is 281 g/mol. The zero-order valence-electron chi connectivity index (χ0n) is 11.6. The van der Waals surface area contributed by atoms with E-state index in [1.807, 2.05) is 30.3 Å². The molecule has 2 aromatic carbocycles. The molecule has 0 bridgehead atoms. The van der Waals surface area contributed by atoms with Crippen LogP contribution < -0.4 is 15.6 Å². The molecule has 5 heteroatoms. The quantitative estimate of drug-likeness (QED) is 0.798. The fourth-order valence-electron chi connectivity index (χ4n) is 2.11. The predicted octanol–water partition coefficient (Wildman–Crippen LogP) is 2.47. The first-order chi connectivity index (χ1) is 10.3. The number of hydrogen-bond acceptors (Lipinski definition) is 4. The number of aromatic nitrogens is 2. The topological polar surface area (TPSA) is 56.1 Å². The number of rotatable bonds is 4. The summed E-state index contributed by atoms with van der Waals surface area (Å²) in [6, 6.07) is 15.0. The molecule has 3 aromatic rings. The van der Waals surface area contributed by atoms with E-state index in [1.165, 1.54) is 0 Å². The van der Waals surface area contributed by atoms with Gasteiger partial charge in [-0.1, -0.05) is 18.2 Å². The molecule has 5 nitrogen and oxygen atoms in total. The van der Waals surface area contributed by atoms with Crippen LogP contribution in [0.1, 0.15) is 0 Å². The zero-order chi connectivity index (χ0) is 14.7. The first kappa shape index (κ1) is 13.2. The summed E-state index contributed by atoms with van der Waals surface area (Å²) in [6.07, 6.45) is 1.54. The normalized spacial score (nSPS) is 10.5. The van der Waals surface area contributed by atoms with Crippen molar-refractivity contribution in [2.45, 2.75) is 6.67 Å². The third-order valence-corrected chi connectivity index (χ3v) is 3.26. The first-order valence-electron chi connectivity index (χ1n) is 6.60. The second-order valence-electron chi connectivity index (χ2n) is 4.60. The Kier molecular flexibility index (Phi) is 3.55. The number of benzene rings is 2. The van der Waals surface area contributed by atoms with Crippen LogP contribution in [-0.4, -0.2) is 16.7 Å². The summed E-state index contributed by atoms with van der Waals surface area (Å²) in [4.78, 5) is 16.7. The Morgan fingerprint density at radius 1 is 1.19 bits per heavy atom. The molecule has 0 atom stereocenters. The van der Waals surface area contributed by atoms with Gasteiger partial charge in [-0.25, -0.2) is 4.98 Å². The Balaban J connectivity index is 1.90. The summed E-state index contributed by atoms with van der Waals surface area (Å²) >= 11 is 0. The molecule has 0 spiro atoms. The Bertz CT molecular complexity index is 813. The lowest BCUT2D eigenvalue weighted by molar-refractivity contribution is 0.415. The highest BCUT2D eigenvalue weighted by Crippen LogP contribution is 2.15. The lowest BCUT2D eigenvalue weighted by Gasteiger charge is -2.09. The predicted molar refractivity (Wildman–Crippen MR) is 82.6 cm³/mol. The molecule has 0 saturated carbocycles. The van der Waals surface area contributed by atoms with E-state index in [9.17, 15) is 4.79 Å². The summed E-state index contributed by atoms with van der Waals surface area (Å²) in [5, 5.41) is 3.76. The van der Waals surface area contributed by atoms with Gasteiger partial charge in [-0.3, -0.25) is 9.36 Å². The summed E-state index contributed by atoms with van der Waals surface area (Å²) in [6.45, 7) is 0.373. The van der Waals surface area contributed by atoms with Crippen LogP contribution in [-0.2, 0) is 6.67 Å². The van der Waals surface area contributed by atoms with Gasteiger partial charge < -0.3 is 10.1 Å². The van der Waals surface area contributed by atoms with Crippen LogP contribution in [0.3, 0.4) is 0 Å². The molecule has 21 heavy (non-hydrogen) atoms. The molecule has 1 heterocycles. The first-order valence-corrected chi connectivity index (χ1v) is 6.60. The van der Waals surface area contributed by atoms with E-state index in [-0.39, 0.29) is 5.56 Å². The van der Waals surface area contributed by atoms with Crippen molar-refractivity contribution in [1.29, 1.82) is 0 Å². The number of anilines is 1. The SMILES string of the molecule is COc1ccc2c(=O)n(CNc3ccccc3)cnc2c1. The Morgan fingerprint density at radius 3 is 2.76 bits per heavy atom. The number of ether oxygens (including phenoxy) is 1. The molecular formula is C16H15N3O2. The van der Waals surface area contributed by atoms with E-state index in [4.69, 9.17) is 4.74 Å². The van der Waals surface area contributed by atoms with Gasteiger partial charge in [0.25, 0.3) is 5.56 Å². The number of para-hydroxylation sites is 1. The van der Waals surface area contributed by atoms with Gasteiger partial charge in [-0.2, -0.15) is 0 Å². The molecule has 1 aromatic heterocycles. The van der Waals surface area contributed by atoms with E-state index >= 15 is 0 Å². The van der Waals surface area contributed by atoms with Gasteiger partial charge in [-0.05, 0) is 24.3 Å². The van der Waals surface area contributed by atoms with Crippen molar-refractivity contribution in [2.24, 2.45) is 0 Å². The molecule has 0 aliphatic rings. The summed E-state index contributed by atoms with van der Waals surface area (Å²) in [5.41, 5.74) is 1.51. The summed E-state index contributed by atoms with van der Waals surface area (Å²) in [5.74, 6) is 0.689. The fraction of sp³-hybridized carbons (Fsp3) is 0.125. The number of hydrogen-bond donors (Lipinski definition) is 1.